The first kappa shape index (κ1) is 106. The molecule has 0 aromatic carbocycles. The minimum Gasteiger partial charge on any atom is -0.462 e. The molecule has 0 spiro atoms. The quantitative estimate of drug-likeness (QED) is 0.0222. The minimum atomic E-state index is -4.97. The van der Waals surface area contributed by atoms with Crippen LogP contribution in [-0.4, -0.2) is 96.7 Å². The standard InChI is InChI=1S/C89H174O17P2/c1-7-10-12-14-16-18-20-22-23-24-25-26-27-30-37-43-49-55-61-67-73-88(93)106-85(78-100-87(92)72-66-60-54-48-42-36-31-28-29-34-39-45-51-57-63-69-81(4)5)80-104-108(97,98)102-76-83(90)75-101-107(95,96)103-79-84(77-99-86(91)71-65-59-53-47-41-21-19-17-15-13-11-8-2)105-89(94)74-68-62-56-50-44-38-33-32-35-40-46-52-58-64-70-82(6)9-3/h81-85,90H,7-80H2,1-6H3,(H,95,96)(H,97,98)/t82?,83-,84+,85+/m0/s1. The smallest absolute Gasteiger partial charge is 0.462 e. The number of carbonyl (C=O) groups excluding carboxylic acids is 4. The van der Waals surface area contributed by atoms with Crippen molar-refractivity contribution in [1.82, 2.24) is 0 Å². The summed E-state index contributed by atoms with van der Waals surface area (Å²) in [5.41, 5.74) is 0. The number of rotatable bonds is 88. The van der Waals surface area contributed by atoms with Crippen LogP contribution in [0.2, 0.25) is 0 Å². The molecule has 0 radical (unpaired) electrons. The van der Waals surface area contributed by atoms with E-state index < -0.39 is 97.5 Å². The Morgan fingerprint density at radius 2 is 0.472 bits per heavy atom. The summed E-state index contributed by atoms with van der Waals surface area (Å²) >= 11 is 0. The first-order chi connectivity index (χ1) is 52.4. The average molecular weight is 1580 g/mol. The Morgan fingerprint density at radius 1 is 0.269 bits per heavy atom. The van der Waals surface area contributed by atoms with E-state index in [0.29, 0.717) is 25.7 Å². The second kappa shape index (κ2) is 80.3. The molecule has 0 saturated carbocycles. The molecule has 0 heterocycles. The van der Waals surface area contributed by atoms with Crippen molar-refractivity contribution < 1.29 is 80.2 Å². The van der Waals surface area contributed by atoms with Gasteiger partial charge in [-0.15, -0.1) is 0 Å². The lowest BCUT2D eigenvalue weighted by molar-refractivity contribution is -0.161. The van der Waals surface area contributed by atoms with E-state index in [4.69, 9.17) is 37.0 Å². The van der Waals surface area contributed by atoms with Crippen molar-refractivity contribution in [3.05, 3.63) is 0 Å². The van der Waals surface area contributed by atoms with Crippen molar-refractivity contribution in [3.8, 4) is 0 Å². The lowest BCUT2D eigenvalue weighted by Gasteiger charge is -2.21. The molecule has 3 unspecified atom stereocenters. The maximum absolute atomic E-state index is 13.2. The number of hydrogen-bond acceptors (Lipinski definition) is 15. The zero-order valence-electron chi connectivity index (χ0n) is 71.2. The van der Waals surface area contributed by atoms with Crippen LogP contribution >= 0.6 is 15.6 Å². The van der Waals surface area contributed by atoms with E-state index in [-0.39, 0.29) is 25.7 Å². The molecule has 0 bridgehead atoms. The van der Waals surface area contributed by atoms with E-state index >= 15 is 0 Å². The summed E-state index contributed by atoms with van der Waals surface area (Å²) in [5, 5.41) is 10.7. The predicted molar refractivity (Wildman–Crippen MR) is 446 cm³/mol. The molecular weight excluding hydrogens is 1400 g/mol. The maximum atomic E-state index is 13.2. The first-order valence-electron chi connectivity index (χ1n) is 46.0. The lowest BCUT2D eigenvalue weighted by atomic mass is 9.99. The largest absolute Gasteiger partial charge is 0.472 e. The van der Waals surface area contributed by atoms with Crippen LogP contribution in [0.5, 0.6) is 0 Å². The molecule has 0 amide bonds. The third-order valence-electron chi connectivity index (χ3n) is 21.3. The van der Waals surface area contributed by atoms with Crippen LogP contribution < -0.4 is 0 Å². The van der Waals surface area contributed by atoms with Gasteiger partial charge >= 0.3 is 39.5 Å². The number of carbonyl (C=O) groups is 4. The van der Waals surface area contributed by atoms with Crippen LogP contribution in [0.4, 0.5) is 0 Å². The van der Waals surface area contributed by atoms with Gasteiger partial charge in [-0.1, -0.05) is 427 Å². The van der Waals surface area contributed by atoms with Crippen molar-refractivity contribution in [2.75, 3.05) is 39.6 Å². The molecule has 17 nitrogen and oxygen atoms in total. The first-order valence-corrected chi connectivity index (χ1v) is 49.0. The fourth-order valence-corrected chi connectivity index (χ4v) is 15.5. The molecule has 0 aromatic heterocycles. The summed E-state index contributed by atoms with van der Waals surface area (Å²) in [4.78, 5) is 73.4. The Hall–Kier alpha value is -1.94. The van der Waals surface area contributed by atoms with Gasteiger partial charge in [-0.2, -0.15) is 0 Å². The molecule has 6 atom stereocenters. The normalized spacial score (nSPS) is 14.0. The van der Waals surface area contributed by atoms with Crippen molar-refractivity contribution in [2.24, 2.45) is 11.8 Å². The number of aliphatic hydroxyl groups is 1. The molecule has 0 aliphatic heterocycles. The zero-order chi connectivity index (χ0) is 79.2. The number of hydrogen-bond donors (Lipinski definition) is 3. The summed E-state index contributed by atoms with van der Waals surface area (Å²) in [5.74, 6) is -0.444. The van der Waals surface area contributed by atoms with E-state index in [2.05, 4.69) is 41.5 Å². The van der Waals surface area contributed by atoms with Gasteiger partial charge in [0.1, 0.15) is 19.3 Å². The summed E-state index contributed by atoms with van der Waals surface area (Å²) in [7, 11) is -9.93. The van der Waals surface area contributed by atoms with E-state index in [1.807, 2.05) is 0 Å². The van der Waals surface area contributed by atoms with Crippen LogP contribution in [0.25, 0.3) is 0 Å². The highest BCUT2D eigenvalue weighted by molar-refractivity contribution is 7.47. The summed E-state index contributed by atoms with van der Waals surface area (Å²) in [6, 6.07) is 0. The van der Waals surface area contributed by atoms with Gasteiger partial charge in [0.25, 0.3) is 0 Å². The SMILES string of the molecule is CCCCCCCCCCCCCCCCCCCCCCC(=O)O[C@H](COC(=O)CCCCCCCCCCCCCCCCCC(C)C)COP(=O)(O)OC[C@@H](O)COP(=O)(O)OC[C@@H](COC(=O)CCCCCCCCCCCCCC)OC(=O)CCCCCCCCCCCCCCCCC(C)CC. The van der Waals surface area contributed by atoms with Gasteiger partial charge in [0, 0.05) is 25.7 Å². The topological polar surface area (TPSA) is 237 Å². The second-order valence-corrected chi connectivity index (χ2v) is 35.6. The number of esters is 4. The second-order valence-electron chi connectivity index (χ2n) is 32.7. The highest BCUT2D eigenvalue weighted by Crippen LogP contribution is 2.45. The Kier molecular flexibility index (Phi) is 78.8. The summed E-state index contributed by atoms with van der Waals surface area (Å²) in [6.07, 6.45) is 73.5. The van der Waals surface area contributed by atoms with Gasteiger partial charge in [0.15, 0.2) is 12.2 Å². The fraction of sp³-hybridized carbons (Fsp3) is 0.955. The molecule has 0 aromatic rings. The maximum Gasteiger partial charge on any atom is 0.472 e. The Bertz CT molecular complexity index is 2070. The Labute approximate surface area is 664 Å². The molecule has 0 aliphatic rings. The monoisotopic (exact) mass is 1580 g/mol. The van der Waals surface area contributed by atoms with Gasteiger partial charge in [-0.05, 0) is 37.5 Å². The van der Waals surface area contributed by atoms with Crippen LogP contribution in [0.3, 0.4) is 0 Å². The molecule has 19 heteroatoms. The summed E-state index contributed by atoms with van der Waals surface area (Å²) < 4.78 is 69.0. The molecule has 108 heavy (non-hydrogen) atoms. The van der Waals surface area contributed by atoms with Gasteiger partial charge < -0.3 is 33.8 Å². The van der Waals surface area contributed by atoms with Gasteiger partial charge in [-0.3, -0.25) is 37.3 Å². The van der Waals surface area contributed by atoms with Crippen LogP contribution in [0, 0.1) is 11.8 Å². The van der Waals surface area contributed by atoms with Crippen molar-refractivity contribution in [1.29, 1.82) is 0 Å². The van der Waals surface area contributed by atoms with Crippen molar-refractivity contribution in [3.63, 3.8) is 0 Å². The Morgan fingerprint density at radius 3 is 0.704 bits per heavy atom. The third kappa shape index (κ3) is 80.7. The highest BCUT2D eigenvalue weighted by Gasteiger charge is 2.31. The summed E-state index contributed by atoms with van der Waals surface area (Å²) in [6.45, 7) is 9.78. The van der Waals surface area contributed by atoms with Gasteiger partial charge in [0.05, 0.1) is 26.4 Å². The van der Waals surface area contributed by atoms with Crippen molar-refractivity contribution >= 4 is 39.5 Å². The molecule has 0 fully saturated rings. The predicted octanol–water partition coefficient (Wildman–Crippen LogP) is 27.4. The van der Waals surface area contributed by atoms with E-state index in [9.17, 15) is 43.2 Å². The minimum absolute atomic E-state index is 0.108. The molecule has 0 aliphatic carbocycles. The molecular formula is C89H174O17P2. The molecule has 3 N–H and O–H groups in total. The van der Waals surface area contributed by atoms with Gasteiger partial charge in [0.2, 0.25) is 0 Å². The van der Waals surface area contributed by atoms with E-state index in [1.165, 1.54) is 295 Å². The number of phosphoric ester groups is 2. The molecule has 0 rings (SSSR count). The number of aliphatic hydroxyl groups excluding tert-OH is 1. The Balaban J connectivity index is 5.26. The van der Waals surface area contributed by atoms with E-state index in [1.54, 1.807) is 0 Å². The fourth-order valence-electron chi connectivity index (χ4n) is 13.9. The lowest BCUT2D eigenvalue weighted by Crippen LogP contribution is -2.30. The molecule has 642 valence electrons. The number of ether oxygens (including phenoxy) is 4. The molecule has 0 saturated heterocycles. The number of phosphoric acid groups is 2. The van der Waals surface area contributed by atoms with Gasteiger partial charge in [-0.25, -0.2) is 9.13 Å². The zero-order valence-corrected chi connectivity index (χ0v) is 73.0. The average Bonchev–Trinajstić information content (AvgIpc) is 0.899. The highest BCUT2D eigenvalue weighted by atomic mass is 31.2. The van der Waals surface area contributed by atoms with Crippen molar-refractivity contribution in [2.45, 2.75) is 496 Å². The van der Waals surface area contributed by atoms with Crippen LogP contribution in [-0.2, 0) is 65.4 Å². The van der Waals surface area contributed by atoms with E-state index in [0.717, 1.165) is 102 Å². The van der Waals surface area contributed by atoms with Crippen LogP contribution in [0.1, 0.15) is 478 Å². The third-order valence-corrected chi connectivity index (χ3v) is 23.2. The van der Waals surface area contributed by atoms with Crippen LogP contribution in [0.15, 0.2) is 0 Å². The number of unbranched alkanes of at least 4 members (excludes halogenated alkanes) is 57.